The highest BCUT2D eigenvalue weighted by atomic mass is 15.3. The number of likely N-dealkylation sites (tertiary alicyclic amines) is 1. The Bertz CT molecular complexity index is 1480. The number of hydrogen-bond acceptors (Lipinski definition) is 4. The van der Waals surface area contributed by atoms with E-state index in [4.69, 9.17) is 0 Å². The van der Waals surface area contributed by atoms with Gasteiger partial charge in [-0.05, 0) is 87.0 Å². The van der Waals surface area contributed by atoms with Gasteiger partial charge in [-0.2, -0.15) is 10.2 Å². The smallest absolute Gasteiger partial charge is 0.155 e. The number of rotatable bonds is 5. The summed E-state index contributed by atoms with van der Waals surface area (Å²) in [6.45, 7) is 12.0. The number of nitrogens with zero attached hydrogens (tertiary/aromatic N) is 5. The third kappa shape index (κ3) is 3.93. The number of pyridine rings is 1. The third-order valence-corrected chi connectivity index (χ3v) is 7.72. The number of aromatic nitrogens is 6. The number of aromatic amines is 2. The molecule has 0 aliphatic carbocycles. The molecule has 1 fully saturated rings. The van der Waals surface area contributed by atoms with E-state index in [1.165, 1.54) is 51.8 Å². The summed E-state index contributed by atoms with van der Waals surface area (Å²) < 4.78 is 1.84. The van der Waals surface area contributed by atoms with Crippen molar-refractivity contribution in [3.8, 4) is 11.3 Å². The fourth-order valence-corrected chi connectivity index (χ4v) is 5.73. The number of hydrogen-bond donors (Lipinski definition) is 2. The monoisotopic (exact) mass is 467 g/mol. The summed E-state index contributed by atoms with van der Waals surface area (Å²) in [7, 11) is 0. The maximum absolute atomic E-state index is 4.37. The van der Waals surface area contributed by atoms with Crippen LogP contribution in [0.4, 0.5) is 0 Å². The van der Waals surface area contributed by atoms with Crippen molar-refractivity contribution in [3.05, 3.63) is 70.9 Å². The molecule has 0 bridgehead atoms. The molecule has 7 heteroatoms. The molecule has 0 amide bonds. The molecular weight excluding hydrogens is 434 g/mol. The van der Waals surface area contributed by atoms with Crippen molar-refractivity contribution in [1.29, 1.82) is 0 Å². The van der Waals surface area contributed by atoms with Gasteiger partial charge in [-0.1, -0.05) is 19.9 Å². The van der Waals surface area contributed by atoms with Gasteiger partial charge in [0.25, 0.3) is 0 Å². The van der Waals surface area contributed by atoms with E-state index in [0.29, 0.717) is 11.8 Å². The quantitative estimate of drug-likeness (QED) is 0.346. The van der Waals surface area contributed by atoms with Crippen LogP contribution in [0.3, 0.4) is 0 Å². The van der Waals surface area contributed by atoms with Crippen LogP contribution in [0.15, 0.2) is 42.9 Å². The molecule has 1 saturated heterocycles. The van der Waals surface area contributed by atoms with Crippen LogP contribution in [-0.2, 0) is 6.54 Å². The fourth-order valence-electron chi connectivity index (χ4n) is 5.73. The highest BCUT2D eigenvalue weighted by Gasteiger charge is 2.24. The van der Waals surface area contributed by atoms with E-state index in [-0.39, 0.29) is 0 Å². The number of piperidine rings is 1. The van der Waals surface area contributed by atoms with Crippen LogP contribution in [0.2, 0.25) is 0 Å². The summed E-state index contributed by atoms with van der Waals surface area (Å²) in [4.78, 5) is 10.6. The molecule has 7 nitrogen and oxygen atoms in total. The molecule has 0 spiro atoms. The Morgan fingerprint density at radius 1 is 1.09 bits per heavy atom. The van der Waals surface area contributed by atoms with Crippen LogP contribution in [0.5, 0.6) is 0 Å². The van der Waals surface area contributed by atoms with Crippen molar-refractivity contribution >= 4 is 16.6 Å². The molecule has 6 rings (SSSR count). The summed E-state index contributed by atoms with van der Waals surface area (Å²) in [6.07, 6.45) is 6.05. The maximum atomic E-state index is 4.37. The number of fused-ring (bicyclic) bond motifs is 2. The molecule has 0 atom stereocenters. The SMILES string of the molecule is Cc1n[nH]c(C)c1CN1CCC(c2ccc3[nH]c(-c4ccc5ncnn5c4)c(C(C)C)c3c2)CC1. The lowest BCUT2D eigenvalue weighted by Gasteiger charge is -2.32. The molecule has 1 aliphatic heterocycles. The molecular formula is C28H33N7. The molecule has 0 saturated carbocycles. The zero-order chi connectivity index (χ0) is 24.1. The van der Waals surface area contributed by atoms with Crippen molar-refractivity contribution in [2.45, 2.75) is 58.9 Å². The fraction of sp³-hybridized carbons (Fsp3) is 0.393. The van der Waals surface area contributed by atoms with Crippen molar-refractivity contribution in [2.24, 2.45) is 0 Å². The van der Waals surface area contributed by atoms with E-state index in [0.717, 1.165) is 36.5 Å². The Hall–Kier alpha value is -3.45. The number of aryl methyl sites for hydroxylation is 2. The second kappa shape index (κ2) is 8.64. The van der Waals surface area contributed by atoms with Gasteiger partial charge in [0.1, 0.15) is 6.33 Å². The van der Waals surface area contributed by atoms with E-state index in [2.05, 4.69) is 88.3 Å². The van der Waals surface area contributed by atoms with E-state index < -0.39 is 0 Å². The van der Waals surface area contributed by atoms with Crippen LogP contribution in [-0.4, -0.2) is 47.8 Å². The minimum atomic E-state index is 0.406. The molecule has 1 aromatic carbocycles. The first kappa shape index (κ1) is 22.0. The first-order valence-corrected chi connectivity index (χ1v) is 12.7. The standard InChI is InChI=1S/C28H33N7/c1-17(2)27-23-13-21(20-9-11-34(12-10-20)15-24-18(3)32-33-19(24)4)5-7-25(23)31-28(27)22-6-8-26-29-16-30-35(26)14-22/h5-8,13-14,16-17,20,31H,9-12,15H2,1-4H3,(H,32,33). The van der Waals surface area contributed by atoms with E-state index in [1.54, 1.807) is 6.33 Å². The first-order chi connectivity index (χ1) is 17.0. The molecule has 1 aliphatic rings. The zero-order valence-electron chi connectivity index (χ0n) is 21.0. The van der Waals surface area contributed by atoms with Crippen LogP contribution in [0, 0.1) is 13.8 Å². The molecule has 4 aromatic heterocycles. The highest BCUT2D eigenvalue weighted by Crippen LogP contribution is 2.38. The molecule has 2 N–H and O–H groups in total. The van der Waals surface area contributed by atoms with Gasteiger partial charge in [0.2, 0.25) is 0 Å². The predicted octanol–water partition coefficient (Wildman–Crippen LogP) is 5.72. The lowest BCUT2D eigenvalue weighted by molar-refractivity contribution is 0.204. The van der Waals surface area contributed by atoms with E-state index in [9.17, 15) is 0 Å². The zero-order valence-corrected chi connectivity index (χ0v) is 21.0. The molecule has 5 aromatic rings. The van der Waals surface area contributed by atoms with Gasteiger partial charge in [0.15, 0.2) is 5.65 Å². The van der Waals surface area contributed by atoms with Gasteiger partial charge in [0, 0.05) is 40.5 Å². The Kier molecular flexibility index (Phi) is 5.44. The second-order valence-electron chi connectivity index (χ2n) is 10.3. The summed E-state index contributed by atoms with van der Waals surface area (Å²) in [5, 5.41) is 13.2. The lowest BCUT2D eigenvalue weighted by atomic mass is 9.87. The van der Waals surface area contributed by atoms with Gasteiger partial charge >= 0.3 is 0 Å². The third-order valence-electron chi connectivity index (χ3n) is 7.72. The summed E-state index contributed by atoms with van der Waals surface area (Å²) >= 11 is 0. The van der Waals surface area contributed by atoms with Gasteiger partial charge in [0.05, 0.1) is 11.4 Å². The molecule has 5 heterocycles. The van der Waals surface area contributed by atoms with Crippen LogP contribution < -0.4 is 0 Å². The lowest BCUT2D eigenvalue weighted by Crippen LogP contribution is -2.32. The normalized spacial score (nSPS) is 15.7. The van der Waals surface area contributed by atoms with Gasteiger partial charge < -0.3 is 4.98 Å². The van der Waals surface area contributed by atoms with Crippen molar-refractivity contribution < 1.29 is 0 Å². The molecule has 180 valence electrons. The summed E-state index contributed by atoms with van der Waals surface area (Å²) in [6, 6.07) is 11.2. The van der Waals surface area contributed by atoms with Gasteiger partial charge in [-0.25, -0.2) is 9.50 Å². The highest BCUT2D eigenvalue weighted by molar-refractivity contribution is 5.92. The summed E-state index contributed by atoms with van der Waals surface area (Å²) in [5.41, 5.74) is 10.9. The Labute approximate surface area is 205 Å². The van der Waals surface area contributed by atoms with Crippen LogP contribution in [0.25, 0.3) is 27.8 Å². The minimum Gasteiger partial charge on any atom is -0.354 e. The predicted molar refractivity (Wildman–Crippen MR) is 140 cm³/mol. The minimum absolute atomic E-state index is 0.406. The van der Waals surface area contributed by atoms with Crippen LogP contribution >= 0.6 is 0 Å². The Morgan fingerprint density at radius 2 is 1.91 bits per heavy atom. The molecule has 0 radical (unpaired) electrons. The van der Waals surface area contributed by atoms with E-state index >= 15 is 0 Å². The summed E-state index contributed by atoms with van der Waals surface area (Å²) in [5.74, 6) is 1.01. The first-order valence-electron chi connectivity index (χ1n) is 12.7. The van der Waals surface area contributed by atoms with Gasteiger partial charge in [-0.3, -0.25) is 10.00 Å². The number of benzene rings is 1. The number of nitrogens with one attached hydrogen (secondary N) is 2. The van der Waals surface area contributed by atoms with Crippen molar-refractivity contribution in [1.82, 2.24) is 34.7 Å². The largest absolute Gasteiger partial charge is 0.354 e. The molecule has 35 heavy (non-hydrogen) atoms. The maximum Gasteiger partial charge on any atom is 0.155 e. The van der Waals surface area contributed by atoms with Crippen molar-refractivity contribution in [2.75, 3.05) is 13.1 Å². The molecule has 0 unspecified atom stereocenters. The van der Waals surface area contributed by atoms with Crippen molar-refractivity contribution in [3.63, 3.8) is 0 Å². The average molecular weight is 468 g/mol. The Balaban J connectivity index is 1.27. The Morgan fingerprint density at radius 3 is 2.66 bits per heavy atom. The van der Waals surface area contributed by atoms with Crippen LogP contribution in [0.1, 0.15) is 66.6 Å². The average Bonchev–Trinajstić information content (AvgIpc) is 3.57. The second-order valence-corrected chi connectivity index (χ2v) is 10.3. The van der Waals surface area contributed by atoms with Gasteiger partial charge in [-0.15, -0.1) is 0 Å². The number of H-pyrrole nitrogens is 2. The van der Waals surface area contributed by atoms with E-state index in [1.807, 2.05) is 10.6 Å². The topological polar surface area (TPSA) is 77.9 Å².